The predicted molar refractivity (Wildman–Crippen MR) is 215 cm³/mol. The smallest absolute Gasteiger partial charge is 0.870 e. The third kappa shape index (κ3) is 9.54. The summed E-state index contributed by atoms with van der Waals surface area (Å²) in [6.07, 6.45) is 9.53. The number of benzene rings is 2. The van der Waals surface area contributed by atoms with Crippen LogP contribution in [0.4, 0.5) is 0 Å². The van der Waals surface area contributed by atoms with Gasteiger partial charge in [0.2, 0.25) is 0 Å². The van der Waals surface area contributed by atoms with Gasteiger partial charge in [-0.15, -0.1) is 0 Å². The van der Waals surface area contributed by atoms with Crippen molar-refractivity contribution in [2.75, 3.05) is 14.2 Å². The van der Waals surface area contributed by atoms with Gasteiger partial charge in [0.15, 0.2) is 0 Å². The number of ether oxygens (including phenoxy) is 2. The van der Waals surface area contributed by atoms with Crippen molar-refractivity contribution in [3.63, 3.8) is 0 Å². The number of carbonyl (C=O) groups excluding carboxylic acids is 2. The monoisotopic (exact) mass is 798 g/mol. The summed E-state index contributed by atoms with van der Waals surface area (Å²) in [5, 5.41) is 29.7. The van der Waals surface area contributed by atoms with Crippen LogP contribution >= 0.6 is 23.2 Å². The molecule has 5 N–H and O–H groups in total. The average Bonchev–Trinajstić information content (AvgIpc) is 3.50. The van der Waals surface area contributed by atoms with Gasteiger partial charge in [0.25, 0.3) is 11.8 Å². The molecule has 0 saturated heterocycles. The molecule has 0 aromatic heterocycles. The van der Waals surface area contributed by atoms with Crippen LogP contribution < -0.4 is 40.2 Å². The Morgan fingerprint density at radius 3 is 1.11 bits per heavy atom. The van der Waals surface area contributed by atoms with Gasteiger partial charge >= 0.3 is 29.6 Å². The van der Waals surface area contributed by atoms with Crippen molar-refractivity contribution in [3.05, 3.63) is 79.2 Å². The third-order valence-electron chi connectivity index (χ3n) is 11.3. The Labute approximate surface area is 355 Å². The first-order valence-electron chi connectivity index (χ1n) is 18.1. The fraction of sp³-hybridized carbons (Fsp3) is 0.571. The summed E-state index contributed by atoms with van der Waals surface area (Å²) in [7, 11) is 3.43. The summed E-state index contributed by atoms with van der Waals surface area (Å²) in [5.74, 6) is 0.0257. The molecule has 296 valence electrons. The number of amides is 2. The fourth-order valence-corrected chi connectivity index (χ4v) is 8.93. The molecule has 54 heavy (non-hydrogen) atoms. The maximum atomic E-state index is 12.8. The second-order valence-corrected chi connectivity index (χ2v) is 14.9. The van der Waals surface area contributed by atoms with Gasteiger partial charge in [-0.25, -0.2) is 0 Å². The second-order valence-electron chi connectivity index (χ2n) is 14.0. The first-order chi connectivity index (χ1) is 23.9. The first kappa shape index (κ1) is 49.9. The summed E-state index contributed by atoms with van der Waals surface area (Å²) < 4.78 is 10.9. The Bertz CT molecular complexity index is 1520. The van der Waals surface area contributed by atoms with E-state index in [9.17, 15) is 19.8 Å². The zero-order valence-electron chi connectivity index (χ0n) is 31.7. The van der Waals surface area contributed by atoms with Crippen molar-refractivity contribution in [2.45, 2.75) is 143 Å². The van der Waals surface area contributed by atoms with Gasteiger partial charge in [0, 0.05) is 24.3 Å². The molecule has 0 unspecified atom stereocenters. The largest absolute Gasteiger partial charge is 1.00 e. The zero-order chi connectivity index (χ0) is 36.4. The van der Waals surface area contributed by atoms with Crippen LogP contribution in [-0.4, -0.2) is 65.0 Å². The fourth-order valence-electron chi connectivity index (χ4n) is 8.41. The van der Waals surface area contributed by atoms with E-state index >= 15 is 0 Å². The molecule has 2 spiro atoms. The van der Waals surface area contributed by atoms with Crippen LogP contribution in [0.5, 0.6) is 0 Å². The number of methoxy groups -OCH3 is 2. The molecular formula is C42H61Cl2N2NaO7. The van der Waals surface area contributed by atoms with Crippen LogP contribution in [0.15, 0.2) is 35.8 Å². The number of aliphatic hydroxyl groups excluding tert-OH is 2. The Hall–Kier alpha value is -2.08. The quantitative estimate of drug-likeness (QED) is 0.224. The van der Waals surface area contributed by atoms with Crippen LogP contribution in [-0.2, 0) is 44.7 Å². The number of carbonyl (C=O) groups is 2. The minimum absolute atomic E-state index is 0. The zero-order valence-corrected chi connectivity index (χ0v) is 35.2. The van der Waals surface area contributed by atoms with Gasteiger partial charge in [0.1, 0.15) is 11.5 Å². The second kappa shape index (κ2) is 20.9. The molecule has 0 atom stereocenters. The van der Waals surface area contributed by atoms with Crippen LogP contribution in [0.1, 0.15) is 127 Å². The van der Waals surface area contributed by atoms with Crippen LogP contribution in [0, 0.1) is 0 Å². The number of hydrogen-bond acceptors (Lipinski definition) is 7. The van der Waals surface area contributed by atoms with E-state index in [0.29, 0.717) is 46.9 Å². The van der Waals surface area contributed by atoms with Crippen molar-refractivity contribution < 1.29 is 64.3 Å². The van der Waals surface area contributed by atoms with Crippen molar-refractivity contribution in [3.8, 4) is 0 Å². The number of aliphatic hydroxyl groups is 2. The maximum Gasteiger partial charge on any atom is 1.00 e. The number of rotatable bonds is 8. The Balaban J connectivity index is 0.000000503. The maximum absolute atomic E-state index is 12.8. The number of halogens is 2. The molecule has 2 saturated carbocycles. The molecule has 4 aliphatic rings. The predicted octanol–water partition coefficient (Wildman–Crippen LogP) is 6.48. The molecule has 2 heterocycles. The van der Waals surface area contributed by atoms with Gasteiger partial charge < -0.3 is 35.8 Å². The van der Waals surface area contributed by atoms with Crippen LogP contribution in [0.2, 0.25) is 10.0 Å². The molecule has 2 fully saturated rings. The molecule has 9 nitrogen and oxygen atoms in total. The normalized spacial score (nSPS) is 24.4. The number of nitrogens with one attached hydrogen (secondary N) is 2. The Kier molecular flexibility index (Phi) is 19.3. The van der Waals surface area contributed by atoms with E-state index in [1.807, 2.05) is 52.0 Å². The van der Waals surface area contributed by atoms with Crippen molar-refractivity contribution >= 4 is 46.2 Å². The minimum Gasteiger partial charge on any atom is -0.870 e. The molecule has 12 heteroatoms. The van der Waals surface area contributed by atoms with Gasteiger partial charge in [-0.05, 0) is 135 Å². The van der Waals surface area contributed by atoms with Gasteiger partial charge in [-0.2, -0.15) is 0 Å². The van der Waals surface area contributed by atoms with Crippen LogP contribution in [0.25, 0.3) is 11.1 Å². The van der Waals surface area contributed by atoms with E-state index in [0.717, 1.165) is 84.7 Å². The van der Waals surface area contributed by atoms with Gasteiger partial charge in [-0.1, -0.05) is 65.8 Å². The molecule has 2 aliphatic carbocycles. The topological polar surface area (TPSA) is 147 Å². The first-order valence-corrected chi connectivity index (χ1v) is 18.9. The van der Waals surface area contributed by atoms with Crippen molar-refractivity contribution in [2.24, 2.45) is 0 Å². The summed E-state index contributed by atoms with van der Waals surface area (Å²) in [6, 6.07) is 7.60. The van der Waals surface area contributed by atoms with E-state index in [1.165, 1.54) is 0 Å². The van der Waals surface area contributed by atoms with E-state index in [2.05, 4.69) is 10.6 Å². The van der Waals surface area contributed by atoms with Crippen molar-refractivity contribution in [1.29, 1.82) is 0 Å². The van der Waals surface area contributed by atoms with E-state index in [1.54, 1.807) is 14.2 Å². The van der Waals surface area contributed by atoms with Crippen molar-refractivity contribution in [1.82, 2.24) is 10.6 Å². The third-order valence-corrected chi connectivity index (χ3v) is 11.8. The van der Waals surface area contributed by atoms with E-state index in [4.69, 9.17) is 32.7 Å². The molecule has 2 aliphatic heterocycles. The number of aryl methyl sites for hydroxylation is 4. The summed E-state index contributed by atoms with van der Waals surface area (Å²) in [5.41, 5.74) is 5.31. The number of hydrogen-bond donors (Lipinski definition) is 4. The SMILES string of the molecule is C.C.CCc1cc(Cl)cc(CC)c1C1=C(O)C2(CCC(OC)CC2)NC1=O.CCc1cc(Cl)cc(CC)c1C1=C(O)C2(CCC(OC)CC2)NC1=O.[Na+].[OH-]. The molecule has 2 aromatic carbocycles. The molecule has 0 bridgehead atoms. The minimum atomic E-state index is -0.642. The standard InChI is InChI=1S/2C20H26ClNO3.2CH4.Na.H2O/c2*1-4-12-10-14(21)11-13(5-2)16(12)17-18(23)20(22-19(17)24)8-6-15(25-3)7-9-20;;;;/h2*10-11,15,23H,4-9H2,1-3H3,(H,22,24);2*1H4;;1H2/q;;;;+1;/p-1. The molecule has 2 amide bonds. The summed E-state index contributed by atoms with van der Waals surface area (Å²) >= 11 is 12.5. The summed E-state index contributed by atoms with van der Waals surface area (Å²) in [4.78, 5) is 25.7. The van der Waals surface area contributed by atoms with Gasteiger partial charge in [-0.3, -0.25) is 9.59 Å². The molecular weight excluding hydrogens is 738 g/mol. The Morgan fingerprint density at radius 2 is 0.889 bits per heavy atom. The molecule has 2 aromatic rings. The van der Waals surface area contributed by atoms with Gasteiger partial charge in [0.05, 0.1) is 34.4 Å². The summed E-state index contributed by atoms with van der Waals surface area (Å²) in [6.45, 7) is 8.16. The molecule has 6 rings (SSSR count). The Morgan fingerprint density at radius 1 is 0.630 bits per heavy atom. The molecule has 0 radical (unpaired) electrons. The van der Waals surface area contributed by atoms with E-state index < -0.39 is 11.1 Å². The van der Waals surface area contributed by atoms with E-state index in [-0.39, 0.29) is 85.4 Å². The van der Waals surface area contributed by atoms with Crippen LogP contribution in [0.3, 0.4) is 0 Å². The average molecular weight is 800 g/mol.